The average Bonchev–Trinajstić information content (AvgIpc) is 2.07. The fourth-order valence-corrected chi connectivity index (χ4v) is 1.11. The molecule has 0 aromatic heterocycles. The summed E-state index contributed by atoms with van der Waals surface area (Å²) in [5.41, 5.74) is -3.25. The summed E-state index contributed by atoms with van der Waals surface area (Å²) in [6.07, 6.45) is -4.78. The highest BCUT2D eigenvalue weighted by Crippen LogP contribution is 2.38. The number of halogens is 4. The van der Waals surface area contributed by atoms with Crippen molar-refractivity contribution in [3.63, 3.8) is 0 Å². The largest absolute Gasteiger partial charge is 0.421 e. The monoisotopic (exact) mass is 222 g/mol. The summed E-state index contributed by atoms with van der Waals surface area (Å²) in [5, 5.41) is 9.29. The van der Waals surface area contributed by atoms with Gasteiger partial charge < -0.3 is 5.11 Å². The van der Waals surface area contributed by atoms with Crippen molar-refractivity contribution in [2.75, 3.05) is 0 Å². The van der Waals surface area contributed by atoms with Crippen molar-refractivity contribution in [1.82, 2.24) is 0 Å². The van der Waals surface area contributed by atoms with Crippen molar-refractivity contribution >= 4 is 0 Å². The predicted octanol–water partition coefficient (Wildman–Crippen LogP) is 2.90. The van der Waals surface area contributed by atoms with Crippen LogP contribution in [0, 0.1) is 12.7 Å². The molecule has 0 aliphatic rings. The summed E-state index contributed by atoms with van der Waals surface area (Å²) < 4.78 is 50.0. The Morgan fingerprint density at radius 2 is 1.73 bits per heavy atom. The van der Waals surface area contributed by atoms with Crippen LogP contribution >= 0.6 is 0 Å². The highest BCUT2D eigenvalue weighted by atomic mass is 19.4. The molecule has 0 saturated heterocycles. The van der Waals surface area contributed by atoms with Gasteiger partial charge in [0.1, 0.15) is 5.82 Å². The molecule has 0 bridgehead atoms. The first-order valence-corrected chi connectivity index (χ1v) is 4.22. The number of alkyl halides is 3. The second kappa shape index (κ2) is 3.48. The van der Waals surface area contributed by atoms with Gasteiger partial charge in [0.2, 0.25) is 0 Å². The van der Waals surface area contributed by atoms with Gasteiger partial charge in [0.25, 0.3) is 0 Å². The summed E-state index contributed by atoms with van der Waals surface area (Å²) in [4.78, 5) is 0. The third-order valence-corrected chi connectivity index (χ3v) is 2.27. The van der Waals surface area contributed by atoms with Gasteiger partial charge in [0.15, 0.2) is 5.60 Å². The lowest BCUT2D eigenvalue weighted by atomic mass is 9.94. The second-order valence-electron chi connectivity index (χ2n) is 3.53. The molecular weight excluding hydrogens is 212 g/mol. The lowest BCUT2D eigenvalue weighted by molar-refractivity contribution is -0.258. The van der Waals surface area contributed by atoms with Crippen LogP contribution in [0.4, 0.5) is 17.6 Å². The summed E-state index contributed by atoms with van der Waals surface area (Å²) in [6.45, 7) is 1.98. The molecule has 1 nitrogen and oxygen atoms in total. The highest BCUT2D eigenvalue weighted by molar-refractivity contribution is 5.29. The Kier molecular flexibility index (Phi) is 2.78. The van der Waals surface area contributed by atoms with E-state index >= 15 is 0 Å². The number of rotatable bonds is 1. The molecule has 1 N–H and O–H groups in total. The molecule has 1 aromatic carbocycles. The van der Waals surface area contributed by atoms with Crippen LogP contribution in [0.5, 0.6) is 0 Å². The summed E-state index contributed by atoms with van der Waals surface area (Å²) in [6, 6.07) is 2.82. The predicted molar refractivity (Wildman–Crippen MR) is 46.8 cm³/mol. The molecule has 0 heterocycles. The number of benzene rings is 1. The fourth-order valence-electron chi connectivity index (χ4n) is 1.11. The average molecular weight is 222 g/mol. The number of aliphatic hydroxyl groups is 1. The maximum atomic E-state index is 12.8. The van der Waals surface area contributed by atoms with E-state index in [2.05, 4.69) is 0 Å². The molecular formula is C10H10F4O. The smallest absolute Gasteiger partial charge is 0.376 e. The van der Waals surface area contributed by atoms with Crippen LogP contribution in [0.1, 0.15) is 18.1 Å². The molecule has 0 aliphatic heterocycles. The first kappa shape index (κ1) is 12.0. The molecule has 0 aliphatic carbocycles. The molecule has 0 fully saturated rings. The summed E-state index contributed by atoms with van der Waals surface area (Å²) >= 11 is 0. The maximum Gasteiger partial charge on any atom is 0.421 e. The van der Waals surface area contributed by atoms with Crippen molar-refractivity contribution in [3.8, 4) is 0 Å². The Morgan fingerprint density at radius 1 is 1.20 bits per heavy atom. The second-order valence-corrected chi connectivity index (χ2v) is 3.53. The Morgan fingerprint density at radius 3 is 2.13 bits per heavy atom. The van der Waals surface area contributed by atoms with E-state index in [1.807, 2.05) is 0 Å². The van der Waals surface area contributed by atoms with Crippen LogP contribution in [0.3, 0.4) is 0 Å². The molecule has 0 saturated carbocycles. The van der Waals surface area contributed by atoms with E-state index in [-0.39, 0.29) is 11.1 Å². The van der Waals surface area contributed by atoms with Crippen LogP contribution in [-0.2, 0) is 5.60 Å². The summed E-state index contributed by atoms with van der Waals surface area (Å²) in [5.74, 6) is -0.600. The minimum absolute atomic E-state index is 0.0667. The molecule has 5 heteroatoms. The Balaban J connectivity index is 3.22. The zero-order chi connectivity index (χ0) is 11.9. The molecule has 84 valence electrons. The van der Waals surface area contributed by atoms with Crippen molar-refractivity contribution in [3.05, 3.63) is 35.1 Å². The Labute approximate surface area is 84.3 Å². The van der Waals surface area contributed by atoms with Crippen molar-refractivity contribution in [1.29, 1.82) is 0 Å². The van der Waals surface area contributed by atoms with Gasteiger partial charge in [-0.05, 0) is 37.1 Å². The van der Waals surface area contributed by atoms with Gasteiger partial charge in [0.05, 0.1) is 0 Å². The van der Waals surface area contributed by atoms with E-state index in [1.54, 1.807) is 0 Å². The molecule has 1 rings (SSSR count). The van der Waals surface area contributed by atoms with Gasteiger partial charge in [0, 0.05) is 0 Å². The zero-order valence-corrected chi connectivity index (χ0v) is 8.19. The SMILES string of the molecule is Cc1cc([C@](C)(O)C(F)(F)F)ccc1F. The quantitative estimate of drug-likeness (QED) is 0.724. The molecule has 0 spiro atoms. The van der Waals surface area contributed by atoms with E-state index in [0.29, 0.717) is 6.92 Å². The van der Waals surface area contributed by atoms with E-state index in [0.717, 1.165) is 18.2 Å². The summed E-state index contributed by atoms with van der Waals surface area (Å²) in [7, 11) is 0. The van der Waals surface area contributed by atoms with Crippen LogP contribution in [-0.4, -0.2) is 11.3 Å². The minimum atomic E-state index is -4.78. The van der Waals surface area contributed by atoms with Crippen LogP contribution in [0.25, 0.3) is 0 Å². The van der Waals surface area contributed by atoms with Gasteiger partial charge in [-0.15, -0.1) is 0 Å². The van der Waals surface area contributed by atoms with Crippen LogP contribution in [0.2, 0.25) is 0 Å². The van der Waals surface area contributed by atoms with Crippen molar-refractivity contribution < 1.29 is 22.7 Å². The van der Waals surface area contributed by atoms with Crippen molar-refractivity contribution in [2.24, 2.45) is 0 Å². The maximum absolute atomic E-state index is 12.8. The molecule has 15 heavy (non-hydrogen) atoms. The van der Waals surface area contributed by atoms with E-state index in [9.17, 15) is 22.7 Å². The number of hydrogen-bond donors (Lipinski definition) is 1. The zero-order valence-electron chi connectivity index (χ0n) is 8.19. The Bertz CT molecular complexity index is 368. The van der Waals surface area contributed by atoms with E-state index in [4.69, 9.17) is 0 Å². The Hall–Kier alpha value is -1.10. The molecule has 0 radical (unpaired) electrons. The minimum Gasteiger partial charge on any atom is -0.376 e. The molecule has 1 atom stereocenters. The normalized spacial score (nSPS) is 16.2. The van der Waals surface area contributed by atoms with E-state index < -0.39 is 17.6 Å². The number of aryl methyl sites for hydroxylation is 1. The van der Waals surface area contributed by atoms with Crippen LogP contribution in [0.15, 0.2) is 18.2 Å². The third-order valence-electron chi connectivity index (χ3n) is 2.27. The first-order chi connectivity index (χ1) is 6.66. The van der Waals surface area contributed by atoms with Gasteiger partial charge >= 0.3 is 6.18 Å². The topological polar surface area (TPSA) is 20.2 Å². The van der Waals surface area contributed by atoms with Crippen LogP contribution < -0.4 is 0 Å². The molecule has 0 amide bonds. The van der Waals surface area contributed by atoms with Crippen molar-refractivity contribution in [2.45, 2.75) is 25.6 Å². The molecule has 1 aromatic rings. The lowest BCUT2D eigenvalue weighted by Gasteiger charge is -2.26. The van der Waals surface area contributed by atoms with Gasteiger partial charge in [-0.25, -0.2) is 4.39 Å². The van der Waals surface area contributed by atoms with Gasteiger partial charge in [-0.1, -0.05) is 6.07 Å². The fraction of sp³-hybridized carbons (Fsp3) is 0.400. The van der Waals surface area contributed by atoms with E-state index in [1.165, 1.54) is 6.92 Å². The highest BCUT2D eigenvalue weighted by Gasteiger charge is 2.51. The van der Waals surface area contributed by atoms with Gasteiger partial charge in [-0.2, -0.15) is 13.2 Å². The lowest BCUT2D eigenvalue weighted by Crippen LogP contribution is -2.39. The third kappa shape index (κ3) is 2.12. The first-order valence-electron chi connectivity index (χ1n) is 4.22. The number of hydrogen-bond acceptors (Lipinski definition) is 1. The molecule has 0 unspecified atom stereocenters. The standard InChI is InChI=1S/C10H10F4O/c1-6-5-7(3-4-8(6)11)9(2,15)10(12,13)14/h3-5,15H,1-2H3/t9-/m0/s1. The van der Waals surface area contributed by atoms with Gasteiger partial charge in [-0.3, -0.25) is 0 Å².